The molecule has 4 rings (SSSR count). The van der Waals surface area contributed by atoms with Crippen LogP contribution in [0.4, 0.5) is 5.82 Å². The number of hydrogen-bond acceptors (Lipinski definition) is 6. The number of sulfone groups is 1. The number of benzene rings is 1. The van der Waals surface area contributed by atoms with E-state index in [4.69, 9.17) is 0 Å². The van der Waals surface area contributed by atoms with Crippen molar-refractivity contribution >= 4 is 37.9 Å². The third-order valence-corrected chi connectivity index (χ3v) is 6.15. The molecule has 0 unspecified atom stereocenters. The normalized spacial score (nSPS) is 14.9. The molecule has 0 spiro atoms. The Bertz CT molecular complexity index is 980. The van der Waals surface area contributed by atoms with Gasteiger partial charge in [-0.3, -0.25) is 0 Å². The van der Waals surface area contributed by atoms with Crippen molar-refractivity contribution in [3.63, 3.8) is 0 Å². The summed E-state index contributed by atoms with van der Waals surface area (Å²) in [5.74, 6) is 0.821. The van der Waals surface area contributed by atoms with Gasteiger partial charge in [-0.25, -0.2) is 18.4 Å². The summed E-state index contributed by atoms with van der Waals surface area (Å²) in [6, 6.07) is 9.69. The second-order valence-corrected chi connectivity index (χ2v) is 9.13. The van der Waals surface area contributed by atoms with Crippen LogP contribution in [0.25, 0.3) is 10.9 Å². The van der Waals surface area contributed by atoms with E-state index in [-0.39, 0.29) is 0 Å². The Balaban J connectivity index is 1.84. The summed E-state index contributed by atoms with van der Waals surface area (Å²) in [5.41, 5.74) is 0.768. The van der Waals surface area contributed by atoms with E-state index in [0.717, 1.165) is 36.1 Å². The number of nitrogens with zero attached hydrogens (tertiary/aromatic N) is 3. The largest absolute Gasteiger partial charge is 0.348 e. The van der Waals surface area contributed by atoms with Gasteiger partial charge in [-0.1, -0.05) is 6.07 Å². The van der Waals surface area contributed by atoms with E-state index in [9.17, 15) is 8.42 Å². The van der Waals surface area contributed by atoms with E-state index in [1.54, 1.807) is 35.9 Å². The quantitative estimate of drug-likeness (QED) is 0.700. The van der Waals surface area contributed by atoms with Crippen molar-refractivity contribution in [1.82, 2.24) is 9.97 Å². The number of aromatic nitrogens is 2. The van der Waals surface area contributed by atoms with Crippen LogP contribution in [0.2, 0.25) is 0 Å². The molecule has 0 radical (unpaired) electrons. The van der Waals surface area contributed by atoms with Gasteiger partial charge in [-0.15, -0.1) is 11.3 Å². The van der Waals surface area contributed by atoms with Gasteiger partial charge in [0.25, 0.3) is 0 Å². The molecule has 1 saturated carbocycles. The lowest BCUT2D eigenvalue weighted by atomic mass is 10.2. The predicted molar refractivity (Wildman–Crippen MR) is 96.2 cm³/mol. The average molecular weight is 359 g/mol. The molecule has 3 aromatic rings. The highest BCUT2D eigenvalue weighted by Crippen LogP contribution is 2.36. The Morgan fingerprint density at radius 1 is 1.25 bits per heavy atom. The number of anilines is 1. The molecule has 2 heterocycles. The van der Waals surface area contributed by atoms with E-state index in [1.807, 2.05) is 6.07 Å². The van der Waals surface area contributed by atoms with Gasteiger partial charge in [0.1, 0.15) is 12.1 Å². The first-order chi connectivity index (χ1) is 11.5. The molecule has 1 aliphatic carbocycles. The van der Waals surface area contributed by atoms with Crippen LogP contribution in [-0.2, 0) is 16.4 Å². The third kappa shape index (κ3) is 3.01. The molecule has 24 heavy (non-hydrogen) atoms. The summed E-state index contributed by atoms with van der Waals surface area (Å²) in [6.45, 7) is 0.789. The summed E-state index contributed by atoms with van der Waals surface area (Å²) in [5, 5.41) is 2.86. The van der Waals surface area contributed by atoms with E-state index in [1.165, 1.54) is 11.1 Å². The lowest BCUT2D eigenvalue weighted by molar-refractivity contribution is 0.602. The van der Waals surface area contributed by atoms with Crippen LogP contribution in [0.15, 0.2) is 46.9 Å². The van der Waals surface area contributed by atoms with Gasteiger partial charge >= 0.3 is 0 Å². The molecule has 1 fully saturated rings. The minimum absolute atomic E-state index is 0.304. The van der Waals surface area contributed by atoms with Gasteiger partial charge < -0.3 is 4.90 Å². The second-order valence-electron chi connectivity index (χ2n) is 6.09. The molecule has 0 aliphatic heterocycles. The minimum atomic E-state index is -3.26. The van der Waals surface area contributed by atoms with Gasteiger partial charge in [-0.05, 0) is 42.5 Å². The highest BCUT2D eigenvalue weighted by molar-refractivity contribution is 7.90. The van der Waals surface area contributed by atoms with Crippen molar-refractivity contribution in [2.45, 2.75) is 30.3 Å². The maximum atomic E-state index is 11.9. The van der Waals surface area contributed by atoms with Gasteiger partial charge in [-0.2, -0.15) is 0 Å². The lowest BCUT2D eigenvalue weighted by Crippen LogP contribution is -2.26. The standard InChI is InChI=1S/C17H17N3O2S2/c1-24(21,22)14-6-7-16-15(9-14)17(19-11-18-16)20(12-4-5-12)10-13-3-2-8-23-13/h2-3,6-9,11-12H,4-5,10H2,1H3. The maximum Gasteiger partial charge on any atom is 0.175 e. The fraction of sp³-hybridized carbons (Fsp3) is 0.294. The summed E-state index contributed by atoms with van der Waals surface area (Å²) < 4.78 is 23.8. The first kappa shape index (κ1) is 15.5. The van der Waals surface area contributed by atoms with Crippen molar-refractivity contribution in [2.75, 3.05) is 11.2 Å². The van der Waals surface area contributed by atoms with Crippen molar-refractivity contribution in [3.05, 3.63) is 46.9 Å². The topological polar surface area (TPSA) is 63.2 Å². The molecule has 2 aromatic heterocycles. The SMILES string of the molecule is CS(=O)(=O)c1ccc2ncnc(N(Cc3cccs3)C3CC3)c2c1. The van der Waals surface area contributed by atoms with Crippen LogP contribution in [0.1, 0.15) is 17.7 Å². The molecular weight excluding hydrogens is 342 g/mol. The molecule has 0 saturated heterocycles. The second kappa shape index (κ2) is 5.82. The smallest absolute Gasteiger partial charge is 0.175 e. The van der Waals surface area contributed by atoms with Crippen molar-refractivity contribution < 1.29 is 8.42 Å². The van der Waals surface area contributed by atoms with Crippen molar-refractivity contribution in [2.24, 2.45) is 0 Å². The fourth-order valence-corrected chi connectivity index (χ4v) is 4.17. The molecule has 5 nitrogen and oxygen atoms in total. The van der Waals surface area contributed by atoms with Gasteiger partial charge in [0, 0.05) is 22.6 Å². The molecule has 0 bridgehead atoms. The van der Waals surface area contributed by atoms with E-state index < -0.39 is 9.84 Å². The van der Waals surface area contributed by atoms with E-state index >= 15 is 0 Å². The molecule has 0 amide bonds. The van der Waals surface area contributed by atoms with Gasteiger partial charge in [0.2, 0.25) is 0 Å². The summed E-state index contributed by atoms with van der Waals surface area (Å²) in [4.78, 5) is 12.6. The number of fused-ring (bicyclic) bond motifs is 1. The van der Waals surface area contributed by atoms with Crippen LogP contribution in [0, 0.1) is 0 Å². The lowest BCUT2D eigenvalue weighted by Gasteiger charge is -2.24. The van der Waals surface area contributed by atoms with Crippen LogP contribution in [0.5, 0.6) is 0 Å². The number of thiophene rings is 1. The molecule has 124 valence electrons. The first-order valence-corrected chi connectivity index (χ1v) is 10.5. The highest BCUT2D eigenvalue weighted by atomic mass is 32.2. The first-order valence-electron chi connectivity index (χ1n) is 7.76. The third-order valence-electron chi connectivity index (χ3n) is 4.18. The van der Waals surface area contributed by atoms with Gasteiger partial charge in [0.05, 0.1) is 17.0 Å². The number of rotatable bonds is 5. The van der Waals surface area contributed by atoms with Crippen LogP contribution in [-0.4, -0.2) is 30.7 Å². The Labute approximate surface area is 144 Å². The summed E-state index contributed by atoms with van der Waals surface area (Å²) >= 11 is 1.72. The minimum Gasteiger partial charge on any atom is -0.348 e. The summed E-state index contributed by atoms with van der Waals surface area (Å²) in [6.07, 6.45) is 5.06. The molecule has 0 N–H and O–H groups in total. The Kier molecular flexibility index (Phi) is 3.77. The molecule has 7 heteroatoms. The van der Waals surface area contributed by atoms with E-state index in [2.05, 4.69) is 26.3 Å². The molecule has 1 aliphatic rings. The fourth-order valence-electron chi connectivity index (χ4n) is 2.82. The predicted octanol–water partition coefficient (Wildman–Crippen LogP) is 3.26. The van der Waals surface area contributed by atoms with Crippen LogP contribution < -0.4 is 4.90 Å². The highest BCUT2D eigenvalue weighted by Gasteiger charge is 2.31. The Morgan fingerprint density at radius 2 is 2.08 bits per heavy atom. The Hall–Kier alpha value is -1.99. The van der Waals surface area contributed by atoms with Crippen LogP contribution in [0.3, 0.4) is 0 Å². The molecular formula is C17H17N3O2S2. The van der Waals surface area contributed by atoms with Crippen molar-refractivity contribution in [1.29, 1.82) is 0 Å². The molecule has 1 aromatic carbocycles. The average Bonchev–Trinajstić information content (AvgIpc) is 3.27. The van der Waals surface area contributed by atoms with Gasteiger partial charge in [0.15, 0.2) is 9.84 Å². The number of hydrogen-bond donors (Lipinski definition) is 0. The van der Waals surface area contributed by atoms with Crippen molar-refractivity contribution in [3.8, 4) is 0 Å². The summed E-state index contributed by atoms with van der Waals surface area (Å²) in [7, 11) is -3.26. The monoisotopic (exact) mass is 359 g/mol. The van der Waals surface area contributed by atoms with E-state index in [0.29, 0.717) is 10.9 Å². The zero-order chi connectivity index (χ0) is 16.7. The zero-order valence-corrected chi connectivity index (χ0v) is 14.8. The maximum absolute atomic E-state index is 11.9. The Morgan fingerprint density at radius 3 is 2.75 bits per heavy atom. The van der Waals surface area contributed by atoms with Crippen LogP contribution >= 0.6 is 11.3 Å². The molecule has 0 atom stereocenters. The zero-order valence-electron chi connectivity index (χ0n) is 13.2.